The minimum absolute atomic E-state index is 0.116. The van der Waals surface area contributed by atoms with Crippen molar-refractivity contribution in [1.82, 2.24) is 9.55 Å². The molecule has 0 atom stereocenters. The summed E-state index contributed by atoms with van der Waals surface area (Å²) in [5.74, 6) is 0.433. The minimum Gasteiger partial charge on any atom is -0.457 e. The number of fused-ring (bicyclic) bond motifs is 1. The van der Waals surface area contributed by atoms with Crippen LogP contribution in [-0.2, 0) is 11.3 Å². The Balaban J connectivity index is 1.58. The third-order valence-electron chi connectivity index (χ3n) is 4.43. The van der Waals surface area contributed by atoms with Gasteiger partial charge >= 0.3 is 5.97 Å². The number of imidazole rings is 1. The molecule has 0 aliphatic heterocycles. The number of hydrogen-bond donors (Lipinski definition) is 0. The summed E-state index contributed by atoms with van der Waals surface area (Å²) in [4.78, 5) is 17.1. The number of ether oxygens (including phenoxy) is 1. The first-order valence-electron chi connectivity index (χ1n) is 8.68. The van der Waals surface area contributed by atoms with Gasteiger partial charge in [-0.25, -0.2) is 9.78 Å². The molecule has 0 fully saturated rings. The van der Waals surface area contributed by atoms with E-state index in [0.717, 1.165) is 28.1 Å². The molecule has 28 heavy (non-hydrogen) atoms. The molecule has 0 aliphatic carbocycles. The number of carbonyl (C=O) groups excluding carboxylic acids is 1. The highest BCUT2D eigenvalue weighted by molar-refractivity contribution is 6.42. The van der Waals surface area contributed by atoms with Gasteiger partial charge in [0.15, 0.2) is 0 Å². The van der Waals surface area contributed by atoms with E-state index in [1.165, 1.54) is 0 Å². The SMILES string of the molecule is Cc1nc2cc(C(=O)OCc3ccc(Cl)c(Cl)c3)ccc2n1-c1ccccc1. The van der Waals surface area contributed by atoms with E-state index in [9.17, 15) is 4.79 Å². The summed E-state index contributed by atoms with van der Waals surface area (Å²) in [6.45, 7) is 2.06. The van der Waals surface area contributed by atoms with Crippen molar-refractivity contribution in [2.75, 3.05) is 0 Å². The molecule has 0 spiro atoms. The number of carbonyl (C=O) groups is 1. The van der Waals surface area contributed by atoms with Crippen molar-refractivity contribution >= 4 is 40.2 Å². The molecule has 1 aromatic heterocycles. The Labute approximate surface area is 172 Å². The standard InChI is InChI=1S/C22H16Cl2N2O2/c1-14-25-20-12-16(8-10-21(20)26(14)17-5-3-2-4-6-17)22(27)28-13-15-7-9-18(23)19(24)11-15/h2-12H,13H2,1H3. The largest absolute Gasteiger partial charge is 0.457 e. The molecule has 3 aromatic carbocycles. The molecule has 4 aromatic rings. The van der Waals surface area contributed by atoms with Crippen molar-refractivity contribution in [3.05, 3.63) is 93.7 Å². The molecule has 0 bridgehead atoms. The van der Waals surface area contributed by atoms with E-state index in [1.807, 2.05) is 43.3 Å². The van der Waals surface area contributed by atoms with E-state index in [-0.39, 0.29) is 6.61 Å². The van der Waals surface area contributed by atoms with Gasteiger partial charge in [-0.15, -0.1) is 0 Å². The van der Waals surface area contributed by atoms with Gasteiger partial charge in [0.25, 0.3) is 0 Å². The third-order valence-corrected chi connectivity index (χ3v) is 5.17. The fourth-order valence-electron chi connectivity index (χ4n) is 3.09. The van der Waals surface area contributed by atoms with E-state index in [4.69, 9.17) is 27.9 Å². The molecule has 4 nitrogen and oxygen atoms in total. The summed E-state index contributed by atoms with van der Waals surface area (Å²) in [5, 5.41) is 0.894. The van der Waals surface area contributed by atoms with Gasteiger partial charge in [0.05, 0.1) is 26.6 Å². The van der Waals surface area contributed by atoms with E-state index < -0.39 is 5.97 Å². The molecule has 0 unspecified atom stereocenters. The second-order valence-electron chi connectivity index (χ2n) is 6.36. The van der Waals surface area contributed by atoms with E-state index >= 15 is 0 Å². The van der Waals surface area contributed by atoms with Crippen molar-refractivity contribution < 1.29 is 9.53 Å². The summed E-state index contributed by atoms with van der Waals surface area (Å²) in [6.07, 6.45) is 0. The Morgan fingerprint density at radius 1 is 1.00 bits per heavy atom. The van der Waals surface area contributed by atoms with Crippen LogP contribution in [0, 0.1) is 6.92 Å². The van der Waals surface area contributed by atoms with Crippen LogP contribution < -0.4 is 0 Å². The maximum atomic E-state index is 12.5. The molecular formula is C22H16Cl2N2O2. The Hall–Kier alpha value is -2.82. The highest BCUT2D eigenvalue weighted by Crippen LogP contribution is 2.24. The van der Waals surface area contributed by atoms with Crippen LogP contribution in [0.15, 0.2) is 66.7 Å². The zero-order chi connectivity index (χ0) is 19.7. The van der Waals surface area contributed by atoms with Gasteiger partial charge in [-0.1, -0.05) is 47.5 Å². The molecule has 6 heteroatoms. The van der Waals surface area contributed by atoms with Gasteiger partial charge < -0.3 is 4.74 Å². The fraction of sp³-hybridized carbons (Fsp3) is 0.0909. The quantitative estimate of drug-likeness (QED) is 0.387. The molecule has 0 saturated heterocycles. The van der Waals surface area contributed by atoms with E-state index in [1.54, 1.807) is 30.3 Å². The Morgan fingerprint density at radius 3 is 2.54 bits per heavy atom. The van der Waals surface area contributed by atoms with Crippen LogP contribution in [0.1, 0.15) is 21.7 Å². The first-order valence-corrected chi connectivity index (χ1v) is 9.44. The molecular weight excluding hydrogens is 395 g/mol. The topological polar surface area (TPSA) is 44.1 Å². The lowest BCUT2D eigenvalue weighted by Crippen LogP contribution is -2.05. The van der Waals surface area contributed by atoms with E-state index in [2.05, 4.69) is 9.55 Å². The normalized spacial score (nSPS) is 11.0. The molecule has 0 amide bonds. The van der Waals surface area contributed by atoms with Gasteiger partial charge in [-0.05, 0) is 55.0 Å². The summed E-state index contributed by atoms with van der Waals surface area (Å²) in [6, 6.07) is 20.5. The number of halogens is 2. The number of aromatic nitrogens is 2. The summed E-state index contributed by atoms with van der Waals surface area (Å²) in [5.41, 5.74) is 3.92. The maximum absolute atomic E-state index is 12.5. The van der Waals surface area contributed by atoms with Gasteiger partial charge in [0.1, 0.15) is 12.4 Å². The number of benzene rings is 3. The Bertz CT molecular complexity index is 1170. The second kappa shape index (κ2) is 7.66. The van der Waals surface area contributed by atoms with Gasteiger partial charge in [-0.2, -0.15) is 0 Å². The lowest BCUT2D eigenvalue weighted by Gasteiger charge is -2.08. The van der Waals surface area contributed by atoms with Crippen molar-refractivity contribution in [3.8, 4) is 5.69 Å². The summed E-state index contributed by atoms with van der Waals surface area (Å²) in [7, 11) is 0. The zero-order valence-corrected chi connectivity index (χ0v) is 16.5. The van der Waals surface area contributed by atoms with Crippen molar-refractivity contribution in [1.29, 1.82) is 0 Å². The highest BCUT2D eigenvalue weighted by Gasteiger charge is 2.14. The van der Waals surface area contributed by atoms with Crippen LogP contribution in [0.3, 0.4) is 0 Å². The predicted octanol–water partition coefficient (Wildman–Crippen LogP) is 6.00. The maximum Gasteiger partial charge on any atom is 0.338 e. The molecule has 140 valence electrons. The average molecular weight is 411 g/mol. The smallest absolute Gasteiger partial charge is 0.338 e. The predicted molar refractivity (Wildman–Crippen MR) is 111 cm³/mol. The molecule has 0 radical (unpaired) electrons. The first kappa shape index (κ1) is 18.5. The molecule has 1 heterocycles. The van der Waals surface area contributed by atoms with Gasteiger partial charge in [0.2, 0.25) is 0 Å². The third kappa shape index (κ3) is 3.61. The molecule has 4 rings (SSSR count). The Morgan fingerprint density at radius 2 is 1.79 bits per heavy atom. The summed E-state index contributed by atoms with van der Waals surface area (Å²) < 4.78 is 7.46. The molecule has 0 saturated carbocycles. The number of hydrogen-bond acceptors (Lipinski definition) is 3. The number of para-hydroxylation sites is 1. The second-order valence-corrected chi connectivity index (χ2v) is 7.17. The van der Waals surface area contributed by atoms with Crippen molar-refractivity contribution in [3.63, 3.8) is 0 Å². The highest BCUT2D eigenvalue weighted by atomic mass is 35.5. The monoisotopic (exact) mass is 410 g/mol. The number of esters is 1. The lowest BCUT2D eigenvalue weighted by atomic mass is 10.2. The zero-order valence-electron chi connectivity index (χ0n) is 15.0. The van der Waals surface area contributed by atoms with Gasteiger partial charge in [0, 0.05) is 5.69 Å². The van der Waals surface area contributed by atoms with Crippen LogP contribution in [0.4, 0.5) is 0 Å². The van der Waals surface area contributed by atoms with Crippen LogP contribution in [0.5, 0.6) is 0 Å². The van der Waals surface area contributed by atoms with Crippen LogP contribution in [0.2, 0.25) is 10.0 Å². The molecule has 0 aliphatic rings. The lowest BCUT2D eigenvalue weighted by molar-refractivity contribution is 0.0473. The molecule has 0 N–H and O–H groups in total. The fourth-order valence-corrected chi connectivity index (χ4v) is 3.41. The average Bonchev–Trinajstić information content (AvgIpc) is 3.04. The van der Waals surface area contributed by atoms with Crippen LogP contribution >= 0.6 is 23.2 Å². The Kier molecular flexibility index (Phi) is 5.07. The van der Waals surface area contributed by atoms with E-state index in [0.29, 0.717) is 15.6 Å². The number of rotatable bonds is 4. The van der Waals surface area contributed by atoms with Crippen molar-refractivity contribution in [2.24, 2.45) is 0 Å². The van der Waals surface area contributed by atoms with Crippen LogP contribution in [-0.4, -0.2) is 15.5 Å². The first-order chi connectivity index (χ1) is 13.5. The number of aryl methyl sites for hydroxylation is 1. The van der Waals surface area contributed by atoms with Crippen LogP contribution in [0.25, 0.3) is 16.7 Å². The summed E-state index contributed by atoms with van der Waals surface area (Å²) >= 11 is 11.9. The minimum atomic E-state index is -0.417. The van der Waals surface area contributed by atoms with Gasteiger partial charge in [-0.3, -0.25) is 4.57 Å². The van der Waals surface area contributed by atoms with Crippen molar-refractivity contribution in [2.45, 2.75) is 13.5 Å². The number of nitrogens with zero attached hydrogens (tertiary/aromatic N) is 2.